The number of aryl methyl sites for hydroxylation is 1. The van der Waals surface area contributed by atoms with E-state index in [1.54, 1.807) is 27.0 Å². The molecule has 0 saturated heterocycles. The fourth-order valence-corrected chi connectivity index (χ4v) is 4.22. The topological polar surface area (TPSA) is 78.8 Å². The van der Waals surface area contributed by atoms with E-state index in [2.05, 4.69) is 36.5 Å². The van der Waals surface area contributed by atoms with Gasteiger partial charge in [0.15, 0.2) is 0 Å². The maximum atomic E-state index is 12.9. The van der Waals surface area contributed by atoms with Crippen molar-refractivity contribution >= 4 is 28.8 Å². The molecule has 192 valence electrons. The summed E-state index contributed by atoms with van der Waals surface area (Å²) in [5.74, 6) is 1.18. The molecular weight excluding hydrogens is 456 g/mol. The Kier molecular flexibility index (Phi) is 6.78. The molecule has 7 nitrogen and oxygen atoms in total. The monoisotopic (exact) mass is 492 g/mol. The van der Waals surface area contributed by atoms with Crippen molar-refractivity contribution in [3.63, 3.8) is 0 Å². The summed E-state index contributed by atoms with van der Waals surface area (Å²) >= 11 is 0. The highest BCUT2D eigenvalue weighted by molar-refractivity contribution is 6.03. The van der Waals surface area contributed by atoms with Crippen LogP contribution >= 0.6 is 0 Å². The zero-order valence-corrected chi connectivity index (χ0v) is 22.2. The van der Waals surface area contributed by atoms with Crippen LogP contribution in [0.15, 0.2) is 48.7 Å². The Morgan fingerprint density at radius 1 is 0.917 bits per heavy atom. The molecule has 4 rings (SSSR count). The molecular formula is C29H36N2O5. The molecule has 0 aliphatic heterocycles. The van der Waals surface area contributed by atoms with Crippen molar-refractivity contribution in [1.29, 1.82) is 0 Å². The summed E-state index contributed by atoms with van der Waals surface area (Å²) in [6.45, 7) is 12.9. The van der Waals surface area contributed by atoms with Gasteiger partial charge in [-0.15, -0.1) is 0 Å². The number of hydrogen-bond acceptors (Lipinski definition) is 5. The highest BCUT2D eigenvalue weighted by Gasteiger charge is 2.32. The zero-order chi connectivity index (χ0) is 26.3. The molecule has 2 aromatic carbocycles. The van der Waals surface area contributed by atoms with Gasteiger partial charge in [-0.3, -0.25) is 9.88 Å². The van der Waals surface area contributed by atoms with Crippen molar-refractivity contribution in [2.75, 3.05) is 5.32 Å². The van der Waals surface area contributed by atoms with Crippen LogP contribution in [-0.4, -0.2) is 34.1 Å². The third-order valence-corrected chi connectivity index (χ3v) is 5.95. The van der Waals surface area contributed by atoms with E-state index in [1.165, 1.54) is 15.7 Å². The van der Waals surface area contributed by atoms with Crippen molar-refractivity contribution in [3.8, 4) is 5.75 Å². The predicted octanol–water partition coefficient (Wildman–Crippen LogP) is 7.40. The molecule has 1 aliphatic rings. The molecule has 1 saturated carbocycles. The lowest BCUT2D eigenvalue weighted by Crippen LogP contribution is -2.32. The predicted molar refractivity (Wildman–Crippen MR) is 141 cm³/mol. The molecule has 1 aromatic heterocycles. The van der Waals surface area contributed by atoms with Gasteiger partial charge in [-0.25, -0.2) is 9.59 Å². The molecule has 1 fully saturated rings. The number of ether oxygens (including phenoxy) is 3. The number of hydrogen-bond donors (Lipinski definition) is 1. The van der Waals surface area contributed by atoms with Gasteiger partial charge < -0.3 is 14.2 Å². The summed E-state index contributed by atoms with van der Waals surface area (Å²) in [7, 11) is 0. The minimum Gasteiger partial charge on any atom is -0.490 e. The first-order valence-electron chi connectivity index (χ1n) is 12.4. The third-order valence-electron chi connectivity index (χ3n) is 5.95. The van der Waals surface area contributed by atoms with E-state index in [0.717, 1.165) is 12.8 Å². The van der Waals surface area contributed by atoms with E-state index in [9.17, 15) is 9.59 Å². The Hall–Kier alpha value is -3.48. The summed E-state index contributed by atoms with van der Waals surface area (Å²) in [6.07, 6.45) is 2.44. The zero-order valence-electron chi connectivity index (χ0n) is 22.2. The second kappa shape index (κ2) is 9.52. The molecule has 0 bridgehead atoms. The molecule has 1 amide bonds. The van der Waals surface area contributed by atoms with E-state index in [4.69, 9.17) is 14.2 Å². The van der Waals surface area contributed by atoms with Crippen molar-refractivity contribution in [3.05, 3.63) is 59.8 Å². The summed E-state index contributed by atoms with van der Waals surface area (Å²) in [5, 5.41) is 3.44. The van der Waals surface area contributed by atoms with Crippen LogP contribution in [0.3, 0.4) is 0 Å². The summed E-state index contributed by atoms with van der Waals surface area (Å²) in [6, 6.07) is 14.2. The number of carbonyl (C=O) groups excluding carboxylic acids is 2. The highest BCUT2D eigenvalue weighted by Crippen LogP contribution is 2.40. The van der Waals surface area contributed by atoms with Gasteiger partial charge in [-0.1, -0.05) is 29.8 Å². The Morgan fingerprint density at radius 3 is 2.17 bits per heavy atom. The SMILES string of the molecule is Cc1ccc([C@H]2C[C@H](Oc3ccc4c(c3)c(NC(=O)OC(C)(C)C)cn4C(=O)OC(C)(C)C)C2)cc1. The van der Waals surface area contributed by atoms with Gasteiger partial charge >= 0.3 is 12.2 Å². The number of rotatable bonds is 4. The minimum absolute atomic E-state index is 0.115. The van der Waals surface area contributed by atoms with Gasteiger partial charge in [-0.2, -0.15) is 0 Å². The minimum atomic E-state index is -0.659. The smallest absolute Gasteiger partial charge is 0.419 e. The van der Waals surface area contributed by atoms with Crippen LogP contribution in [0.1, 0.15) is 71.4 Å². The maximum absolute atomic E-state index is 12.9. The van der Waals surface area contributed by atoms with Crippen LogP contribution in [0.4, 0.5) is 15.3 Å². The number of nitrogens with one attached hydrogen (secondary N) is 1. The average molecular weight is 493 g/mol. The Bertz CT molecular complexity index is 1260. The molecule has 36 heavy (non-hydrogen) atoms. The fraction of sp³-hybridized carbons (Fsp3) is 0.448. The maximum Gasteiger partial charge on any atom is 0.419 e. The first-order chi connectivity index (χ1) is 16.8. The molecule has 0 radical (unpaired) electrons. The Morgan fingerprint density at radius 2 is 1.56 bits per heavy atom. The van der Waals surface area contributed by atoms with Crippen LogP contribution in [0, 0.1) is 6.92 Å². The van der Waals surface area contributed by atoms with Crippen LogP contribution in [0.5, 0.6) is 5.75 Å². The third kappa shape index (κ3) is 6.20. The molecule has 7 heteroatoms. The molecule has 3 aromatic rings. The second-order valence-electron chi connectivity index (χ2n) is 11.5. The van der Waals surface area contributed by atoms with E-state index in [-0.39, 0.29) is 6.10 Å². The lowest BCUT2D eigenvalue weighted by molar-refractivity contribution is 0.0541. The molecule has 1 N–H and O–H groups in total. The summed E-state index contributed by atoms with van der Waals surface area (Å²) < 4.78 is 18.6. The Labute approximate surface area is 212 Å². The largest absolute Gasteiger partial charge is 0.490 e. The van der Waals surface area contributed by atoms with Gasteiger partial charge in [0.05, 0.1) is 17.3 Å². The lowest BCUT2D eigenvalue weighted by Gasteiger charge is -2.35. The number of carbonyl (C=O) groups is 2. The van der Waals surface area contributed by atoms with Crippen molar-refractivity contribution in [2.24, 2.45) is 0 Å². The highest BCUT2D eigenvalue weighted by atomic mass is 16.6. The first kappa shape index (κ1) is 25.6. The normalized spacial score (nSPS) is 17.9. The van der Waals surface area contributed by atoms with Crippen LogP contribution < -0.4 is 10.1 Å². The number of amides is 1. The lowest BCUT2D eigenvalue weighted by atomic mass is 9.77. The van der Waals surface area contributed by atoms with Crippen LogP contribution in [0.2, 0.25) is 0 Å². The molecule has 0 spiro atoms. The van der Waals surface area contributed by atoms with Crippen molar-refractivity contribution in [2.45, 2.75) is 84.5 Å². The number of nitrogens with zero attached hydrogens (tertiary/aromatic N) is 1. The van der Waals surface area contributed by atoms with E-state index >= 15 is 0 Å². The molecule has 0 unspecified atom stereocenters. The van der Waals surface area contributed by atoms with Gasteiger partial charge in [-0.05, 0) is 91.0 Å². The molecule has 1 aliphatic carbocycles. The number of fused-ring (bicyclic) bond motifs is 1. The van der Waals surface area contributed by atoms with Crippen LogP contribution in [-0.2, 0) is 9.47 Å². The first-order valence-corrected chi connectivity index (χ1v) is 12.4. The summed E-state index contributed by atoms with van der Waals surface area (Å²) in [5.41, 5.74) is 2.34. The van der Waals surface area contributed by atoms with E-state index in [0.29, 0.717) is 28.3 Å². The van der Waals surface area contributed by atoms with E-state index in [1.807, 2.05) is 39.0 Å². The standard InChI is InChI=1S/C29H36N2O5/c1-18-8-10-19(11-9-18)20-14-22(15-20)34-21-12-13-25-23(16-21)24(30-26(32)35-28(2,3)4)17-31(25)27(33)36-29(5,6)7/h8-13,16-17,20,22H,14-15H2,1-7H3,(H,30,32)/t20-,22-. The van der Waals surface area contributed by atoms with Gasteiger partial charge in [0.2, 0.25) is 0 Å². The number of benzene rings is 2. The molecule has 1 heterocycles. The molecule has 0 atom stereocenters. The number of aromatic nitrogens is 1. The summed E-state index contributed by atoms with van der Waals surface area (Å²) in [4.78, 5) is 25.4. The fourth-order valence-electron chi connectivity index (χ4n) is 4.22. The van der Waals surface area contributed by atoms with Crippen molar-refractivity contribution < 1.29 is 23.8 Å². The average Bonchev–Trinajstić information content (AvgIpc) is 3.06. The van der Waals surface area contributed by atoms with Gasteiger partial charge in [0.25, 0.3) is 0 Å². The quantitative estimate of drug-likeness (QED) is 0.410. The number of anilines is 1. The second-order valence-corrected chi connectivity index (χ2v) is 11.5. The van der Waals surface area contributed by atoms with Gasteiger partial charge in [0, 0.05) is 11.6 Å². The van der Waals surface area contributed by atoms with Crippen molar-refractivity contribution in [1.82, 2.24) is 4.57 Å². The Balaban J connectivity index is 1.55. The van der Waals surface area contributed by atoms with Crippen LogP contribution in [0.25, 0.3) is 10.9 Å². The van der Waals surface area contributed by atoms with E-state index < -0.39 is 23.4 Å². The van der Waals surface area contributed by atoms with Gasteiger partial charge in [0.1, 0.15) is 17.0 Å².